The summed E-state index contributed by atoms with van der Waals surface area (Å²) < 4.78 is 4.95. The van der Waals surface area contributed by atoms with E-state index in [2.05, 4.69) is 15.8 Å². The average molecular weight is 257 g/mol. The van der Waals surface area contributed by atoms with Crippen molar-refractivity contribution in [2.24, 2.45) is 0 Å². The van der Waals surface area contributed by atoms with Crippen LogP contribution in [0.5, 0.6) is 0 Å². The molecule has 1 aliphatic rings. The normalized spacial score (nSPS) is 13.3. The quantitative estimate of drug-likeness (QED) is 0.874. The standard InChI is InChI=1S/C14H15N3O2/c1-9-4-13(17-19-9)8-16-14(18)10-2-3-11-6-15-7-12(11)5-10/h2-5,15H,6-8H2,1H3,(H,16,18). The number of aryl methyl sites for hydroxylation is 1. The van der Waals surface area contributed by atoms with Crippen molar-refractivity contribution in [3.05, 3.63) is 52.4 Å². The summed E-state index contributed by atoms with van der Waals surface area (Å²) >= 11 is 0. The fourth-order valence-corrected chi connectivity index (χ4v) is 2.21. The zero-order valence-electron chi connectivity index (χ0n) is 10.7. The van der Waals surface area contributed by atoms with Crippen molar-refractivity contribution in [2.75, 3.05) is 0 Å². The van der Waals surface area contributed by atoms with Gasteiger partial charge in [-0.05, 0) is 30.2 Å². The molecule has 19 heavy (non-hydrogen) atoms. The average Bonchev–Trinajstić information content (AvgIpc) is 3.03. The van der Waals surface area contributed by atoms with E-state index >= 15 is 0 Å². The predicted molar refractivity (Wildman–Crippen MR) is 69.4 cm³/mol. The van der Waals surface area contributed by atoms with E-state index < -0.39 is 0 Å². The van der Waals surface area contributed by atoms with E-state index in [0.717, 1.165) is 24.5 Å². The van der Waals surface area contributed by atoms with E-state index in [-0.39, 0.29) is 5.91 Å². The Balaban J connectivity index is 1.67. The van der Waals surface area contributed by atoms with Crippen molar-refractivity contribution in [3.63, 3.8) is 0 Å². The van der Waals surface area contributed by atoms with E-state index in [9.17, 15) is 4.79 Å². The van der Waals surface area contributed by atoms with Crippen LogP contribution in [-0.2, 0) is 19.6 Å². The van der Waals surface area contributed by atoms with Crippen LogP contribution in [-0.4, -0.2) is 11.1 Å². The van der Waals surface area contributed by atoms with Gasteiger partial charge in [0.1, 0.15) is 11.5 Å². The number of rotatable bonds is 3. The van der Waals surface area contributed by atoms with Crippen LogP contribution >= 0.6 is 0 Å². The number of nitrogens with zero attached hydrogens (tertiary/aromatic N) is 1. The number of hydrogen-bond donors (Lipinski definition) is 2. The lowest BCUT2D eigenvalue weighted by atomic mass is 10.1. The molecule has 5 heteroatoms. The van der Waals surface area contributed by atoms with Gasteiger partial charge < -0.3 is 15.2 Å². The highest BCUT2D eigenvalue weighted by molar-refractivity contribution is 5.94. The smallest absolute Gasteiger partial charge is 0.251 e. The van der Waals surface area contributed by atoms with Crippen molar-refractivity contribution in [2.45, 2.75) is 26.6 Å². The van der Waals surface area contributed by atoms with E-state index in [0.29, 0.717) is 12.1 Å². The number of aromatic nitrogens is 1. The van der Waals surface area contributed by atoms with Crippen LogP contribution < -0.4 is 10.6 Å². The van der Waals surface area contributed by atoms with Crippen LogP contribution in [0.1, 0.15) is 32.9 Å². The van der Waals surface area contributed by atoms with Crippen molar-refractivity contribution < 1.29 is 9.32 Å². The molecule has 0 saturated heterocycles. The molecule has 1 aliphatic heterocycles. The number of fused-ring (bicyclic) bond motifs is 1. The summed E-state index contributed by atoms with van der Waals surface area (Å²) in [6, 6.07) is 7.62. The molecule has 1 amide bonds. The Morgan fingerprint density at radius 1 is 1.37 bits per heavy atom. The number of hydrogen-bond acceptors (Lipinski definition) is 4. The molecule has 1 aromatic carbocycles. The van der Waals surface area contributed by atoms with Gasteiger partial charge in [0.15, 0.2) is 0 Å². The third-order valence-corrected chi connectivity index (χ3v) is 3.21. The third kappa shape index (κ3) is 2.51. The summed E-state index contributed by atoms with van der Waals surface area (Å²) in [6.07, 6.45) is 0. The molecular formula is C14H15N3O2. The molecule has 2 heterocycles. The lowest BCUT2D eigenvalue weighted by Crippen LogP contribution is -2.23. The lowest BCUT2D eigenvalue weighted by molar-refractivity contribution is 0.0950. The van der Waals surface area contributed by atoms with E-state index in [1.165, 1.54) is 11.1 Å². The fourth-order valence-electron chi connectivity index (χ4n) is 2.21. The molecule has 0 fully saturated rings. The molecule has 1 aromatic heterocycles. The number of carbonyl (C=O) groups is 1. The molecule has 0 aliphatic carbocycles. The Hall–Kier alpha value is -2.14. The fraction of sp³-hybridized carbons (Fsp3) is 0.286. The second-order valence-electron chi connectivity index (χ2n) is 4.70. The second kappa shape index (κ2) is 4.85. The highest BCUT2D eigenvalue weighted by atomic mass is 16.5. The summed E-state index contributed by atoms with van der Waals surface area (Å²) in [6.45, 7) is 3.92. The topological polar surface area (TPSA) is 67.2 Å². The summed E-state index contributed by atoms with van der Waals surface area (Å²) in [4.78, 5) is 12.0. The van der Waals surface area contributed by atoms with Gasteiger partial charge in [0.05, 0.1) is 6.54 Å². The Kier molecular flexibility index (Phi) is 3.05. The van der Waals surface area contributed by atoms with Crippen LogP contribution in [0.15, 0.2) is 28.8 Å². The van der Waals surface area contributed by atoms with E-state index in [4.69, 9.17) is 4.52 Å². The first-order chi connectivity index (χ1) is 9.22. The molecule has 0 radical (unpaired) electrons. The number of benzene rings is 1. The van der Waals surface area contributed by atoms with Gasteiger partial charge in [-0.2, -0.15) is 0 Å². The molecule has 0 unspecified atom stereocenters. The van der Waals surface area contributed by atoms with Gasteiger partial charge in [0.2, 0.25) is 0 Å². The molecule has 0 spiro atoms. The van der Waals surface area contributed by atoms with Crippen molar-refractivity contribution in [1.82, 2.24) is 15.8 Å². The van der Waals surface area contributed by atoms with Gasteiger partial charge in [-0.25, -0.2) is 0 Å². The summed E-state index contributed by atoms with van der Waals surface area (Å²) in [5.74, 6) is 0.656. The summed E-state index contributed by atoms with van der Waals surface area (Å²) in [5, 5.41) is 9.94. The Labute approximate surface area is 111 Å². The Morgan fingerprint density at radius 2 is 2.21 bits per heavy atom. The van der Waals surface area contributed by atoms with E-state index in [1.807, 2.05) is 31.2 Å². The zero-order valence-corrected chi connectivity index (χ0v) is 10.7. The third-order valence-electron chi connectivity index (χ3n) is 3.21. The minimum atomic E-state index is -0.0876. The van der Waals surface area contributed by atoms with Gasteiger partial charge in [-0.1, -0.05) is 11.2 Å². The van der Waals surface area contributed by atoms with E-state index in [1.54, 1.807) is 0 Å². The van der Waals surface area contributed by atoms with Crippen LogP contribution in [0.4, 0.5) is 0 Å². The number of amides is 1. The summed E-state index contributed by atoms with van der Waals surface area (Å²) in [5.41, 5.74) is 3.88. The Morgan fingerprint density at radius 3 is 3.00 bits per heavy atom. The van der Waals surface area contributed by atoms with Gasteiger partial charge in [0.25, 0.3) is 5.91 Å². The van der Waals surface area contributed by atoms with Gasteiger partial charge in [-0.15, -0.1) is 0 Å². The first-order valence-electron chi connectivity index (χ1n) is 6.25. The maximum atomic E-state index is 12.0. The van der Waals surface area contributed by atoms with Crippen molar-refractivity contribution in [1.29, 1.82) is 0 Å². The molecule has 2 aromatic rings. The van der Waals surface area contributed by atoms with Crippen LogP contribution in [0.2, 0.25) is 0 Å². The minimum absolute atomic E-state index is 0.0876. The lowest BCUT2D eigenvalue weighted by Gasteiger charge is -2.05. The predicted octanol–water partition coefficient (Wildman–Crippen LogP) is 1.52. The minimum Gasteiger partial charge on any atom is -0.361 e. The molecular weight excluding hydrogens is 242 g/mol. The number of carbonyl (C=O) groups excluding carboxylic acids is 1. The largest absolute Gasteiger partial charge is 0.361 e. The van der Waals surface area contributed by atoms with Crippen molar-refractivity contribution in [3.8, 4) is 0 Å². The SMILES string of the molecule is Cc1cc(CNC(=O)c2ccc3c(c2)CNC3)no1. The molecule has 0 atom stereocenters. The van der Waals surface area contributed by atoms with Crippen molar-refractivity contribution >= 4 is 5.91 Å². The molecule has 98 valence electrons. The van der Waals surface area contributed by atoms with Gasteiger partial charge in [-0.3, -0.25) is 4.79 Å². The number of nitrogens with one attached hydrogen (secondary N) is 2. The van der Waals surface area contributed by atoms with Crippen LogP contribution in [0, 0.1) is 6.92 Å². The second-order valence-corrected chi connectivity index (χ2v) is 4.70. The summed E-state index contributed by atoms with van der Waals surface area (Å²) in [7, 11) is 0. The monoisotopic (exact) mass is 257 g/mol. The highest BCUT2D eigenvalue weighted by Gasteiger charge is 2.13. The molecule has 0 bridgehead atoms. The first-order valence-corrected chi connectivity index (χ1v) is 6.25. The zero-order chi connectivity index (χ0) is 13.2. The maximum absolute atomic E-state index is 12.0. The van der Waals surface area contributed by atoms with Crippen LogP contribution in [0.3, 0.4) is 0 Å². The first kappa shape index (κ1) is 11.9. The molecule has 3 rings (SSSR count). The van der Waals surface area contributed by atoms with Gasteiger partial charge >= 0.3 is 0 Å². The van der Waals surface area contributed by atoms with Crippen LogP contribution in [0.25, 0.3) is 0 Å². The molecule has 2 N–H and O–H groups in total. The molecule has 0 saturated carbocycles. The molecule has 5 nitrogen and oxygen atoms in total. The maximum Gasteiger partial charge on any atom is 0.251 e. The van der Waals surface area contributed by atoms with Gasteiger partial charge in [0, 0.05) is 24.7 Å². The Bertz CT molecular complexity index is 619. The highest BCUT2D eigenvalue weighted by Crippen LogP contribution is 2.17.